The van der Waals surface area contributed by atoms with Crippen molar-refractivity contribution in [2.45, 2.75) is 355 Å². The summed E-state index contributed by atoms with van der Waals surface area (Å²) in [6.45, 7) is 9.44. The number of phosphoric ester groups is 2. The minimum atomic E-state index is -4.95. The summed E-state index contributed by atoms with van der Waals surface area (Å²) in [6.07, 6.45) is 43.1. The Balaban J connectivity index is 5.24. The topological polar surface area (TPSA) is 237 Å². The number of unbranched alkanes of at least 4 members (excludes halogenated alkanes) is 35. The molecule has 6 atom stereocenters. The molecular weight excluding hydrogens is 1140 g/mol. The second-order valence-electron chi connectivity index (χ2n) is 24.9. The first kappa shape index (κ1) is 84.1. The van der Waals surface area contributed by atoms with Gasteiger partial charge >= 0.3 is 39.5 Å². The van der Waals surface area contributed by atoms with Crippen molar-refractivity contribution in [3.63, 3.8) is 0 Å². The number of rotatable bonds is 66. The molecule has 19 heteroatoms. The van der Waals surface area contributed by atoms with E-state index in [0.717, 1.165) is 102 Å². The van der Waals surface area contributed by atoms with Crippen LogP contribution in [0.1, 0.15) is 337 Å². The van der Waals surface area contributed by atoms with Crippen molar-refractivity contribution in [1.29, 1.82) is 0 Å². The molecule has 0 radical (unpaired) electrons. The average Bonchev–Trinajstić information content (AvgIpc) is 3.63. The van der Waals surface area contributed by atoms with E-state index in [1.165, 1.54) is 154 Å². The quantitative estimate of drug-likeness (QED) is 0.0222. The molecule has 0 aromatic rings. The number of hydrogen-bond acceptors (Lipinski definition) is 15. The summed E-state index contributed by atoms with van der Waals surface area (Å²) < 4.78 is 68.1. The highest BCUT2D eigenvalue weighted by molar-refractivity contribution is 7.47. The second kappa shape index (κ2) is 59.4. The largest absolute Gasteiger partial charge is 0.472 e. The fourth-order valence-electron chi connectivity index (χ4n) is 10.0. The molecule has 0 fully saturated rings. The monoisotopic (exact) mass is 1270 g/mol. The van der Waals surface area contributed by atoms with E-state index in [2.05, 4.69) is 41.5 Å². The van der Waals surface area contributed by atoms with E-state index in [0.29, 0.717) is 25.7 Å². The van der Waals surface area contributed by atoms with Crippen LogP contribution >= 0.6 is 15.6 Å². The van der Waals surface area contributed by atoms with E-state index in [1.807, 2.05) is 0 Å². The van der Waals surface area contributed by atoms with Crippen molar-refractivity contribution >= 4 is 39.5 Å². The van der Waals surface area contributed by atoms with Gasteiger partial charge in [0, 0.05) is 25.7 Å². The number of carbonyl (C=O) groups excluding carboxylic acids is 4. The van der Waals surface area contributed by atoms with E-state index < -0.39 is 97.5 Å². The molecule has 0 bridgehead atoms. The van der Waals surface area contributed by atoms with Crippen molar-refractivity contribution in [2.75, 3.05) is 39.6 Å². The molecular formula is C67H130O17P2. The van der Waals surface area contributed by atoms with E-state index >= 15 is 0 Å². The van der Waals surface area contributed by atoms with Crippen LogP contribution in [-0.4, -0.2) is 96.7 Å². The molecule has 3 unspecified atom stereocenters. The Morgan fingerprint density at radius 1 is 0.337 bits per heavy atom. The number of hydrogen-bond donors (Lipinski definition) is 3. The molecule has 86 heavy (non-hydrogen) atoms. The Labute approximate surface area is 524 Å². The SMILES string of the molecule is CCCCCCCCCCCCCCCCCC(=O)O[C@H](COC(=O)CCCCCCCCCCCC(C)C)COP(=O)(O)OC[C@@H](O)COP(=O)(O)OC[C@@H](COC(=O)CCCCCCCCCCC)OC(=O)CCCCCCCCC(C)CC. The number of aliphatic hydroxyl groups is 1. The molecule has 510 valence electrons. The highest BCUT2D eigenvalue weighted by Crippen LogP contribution is 2.45. The fraction of sp³-hybridized carbons (Fsp3) is 0.940. The summed E-state index contributed by atoms with van der Waals surface area (Å²) in [5.74, 6) is -0.667. The van der Waals surface area contributed by atoms with E-state index in [4.69, 9.17) is 37.0 Å². The molecule has 0 heterocycles. The first-order chi connectivity index (χ1) is 41.4. The van der Waals surface area contributed by atoms with Gasteiger partial charge in [-0.1, -0.05) is 286 Å². The summed E-state index contributed by atoms with van der Waals surface area (Å²) in [6, 6.07) is 0. The summed E-state index contributed by atoms with van der Waals surface area (Å²) in [5.41, 5.74) is 0. The van der Waals surface area contributed by atoms with Crippen molar-refractivity contribution in [3.8, 4) is 0 Å². The van der Waals surface area contributed by atoms with Crippen LogP contribution in [0, 0.1) is 11.8 Å². The van der Waals surface area contributed by atoms with Gasteiger partial charge in [-0.2, -0.15) is 0 Å². The lowest BCUT2D eigenvalue weighted by Crippen LogP contribution is -2.30. The summed E-state index contributed by atoms with van der Waals surface area (Å²) in [4.78, 5) is 72.3. The van der Waals surface area contributed by atoms with Gasteiger partial charge in [0.2, 0.25) is 0 Å². The Bertz CT molecular complexity index is 1690. The third-order valence-corrected chi connectivity index (χ3v) is 17.7. The van der Waals surface area contributed by atoms with Crippen molar-refractivity contribution in [2.24, 2.45) is 11.8 Å². The molecule has 0 saturated carbocycles. The number of phosphoric acid groups is 2. The van der Waals surface area contributed by atoms with Gasteiger partial charge in [-0.3, -0.25) is 37.3 Å². The summed E-state index contributed by atoms with van der Waals surface area (Å²) in [5, 5.41) is 10.6. The highest BCUT2D eigenvalue weighted by atomic mass is 31.2. The maximum atomic E-state index is 13.0. The zero-order valence-corrected chi connectivity index (χ0v) is 57.4. The Morgan fingerprint density at radius 2 is 0.593 bits per heavy atom. The summed E-state index contributed by atoms with van der Waals surface area (Å²) >= 11 is 0. The minimum absolute atomic E-state index is 0.103. The molecule has 0 aromatic carbocycles. The number of aliphatic hydroxyl groups excluding tert-OH is 1. The lowest BCUT2D eigenvalue weighted by atomic mass is 10.00. The Kier molecular flexibility index (Phi) is 58.0. The second-order valence-corrected chi connectivity index (χ2v) is 27.8. The van der Waals surface area contributed by atoms with E-state index in [1.54, 1.807) is 0 Å². The van der Waals surface area contributed by atoms with Crippen LogP contribution in [0.15, 0.2) is 0 Å². The Hall–Kier alpha value is -1.94. The molecule has 0 aliphatic rings. The zero-order valence-electron chi connectivity index (χ0n) is 55.6. The van der Waals surface area contributed by atoms with Gasteiger partial charge in [0.1, 0.15) is 19.3 Å². The molecule has 0 rings (SSSR count). The van der Waals surface area contributed by atoms with Crippen molar-refractivity contribution in [1.82, 2.24) is 0 Å². The third-order valence-electron chi connectivity index (χ3n) is 15.8. The van der Waals surface area contributed by atoms with Crippen LogP contribution in [-0.2, 0) is 65.4 Å². The average molecular weight is 1270 g/mol. The lowest BCUT2D eigenvalue weighted by molar-refractivity contribution is -0.161. The molecule has 17 nitrogen and oxygen atoms in total. The molecule has 3 N–H and O–H groups in total. The fourth-order valence-corrected chi connectivity index (χ4v) is 11.6. The molecule has 0 aromatic heterocycles. The number of ether oxygens (including phenoxy) is 4. The van der Waals surface area contributed by atoms with Crippen LogP contribution < -0.4 is 0 Å². The van der Waals surface area contributed by atoms with E-state index in [-0.39, 0.29) is 25.7 Å². The molecule has 0 aliphatic heterocycles. The van der Waals surface area contributed by atoms with Gasteiger partial charge < -0.3 is 33.8 Å². The third kappa shape index (κ3) is 59.7. The molecule has 0 saturated heterocycles. The first-order valence-corrected chi connectivity index (χ1v) is 38.0. The summed E-state index contributed by atoms with van der Waals surface area (Å²) in [7, 11) is -9.89. The maximum absolute atomic E-state index is 13.0. The van der Waals surface area contributed by atoms with Crippen LogP contribution in [0.2, 0.25) is 0 Å². The van der Waals surface area contributed by atoms with Crippen LogP contribution in [0.3, 0.4) is 0 Å². The molecule has 0 aliphatic carbocycles. The van der Waals surface area contributed by atoms with Gasteiger partial charge in [-0.15, -0.1) is 0 Å². The van der Waals surface area contributed by atoms with Crippen LogP contribution in [0.25, 0.3) is 0 Å². The normalized spacial score (nSPS) is 14.5. The van der Waals surface area contributed by atoms with Crippen molar-refractivity contribution in [3.05, 3.63) is 0 Å². The van der Waals surface area contributed by atoms with Gasteiger partial charge in [-0.05, 0) is 37.5 Å². The van der Waals surface area contributed by atoms with Gasteiger partial charge in [0.15, 0.2) is 12.2 Å². The van der Waals surface area contributed by atoms with Crippen LogP contribution in [0.5, 0.6) is 0 Å². The van der Waals surface area contributed by atoms with Gasteiger partial charge in [0.25, 0.3) is 0 Å². The molecule has 0 amide bonds. The Morgan fingerprint density at radius 3 is 0.884 bits per heavy atom. The van der Waals surface area contributed by atoms with E-state index in [9.17, 15) is 43.2 Å². The lowest BCUT2D eigenvalue weighted by Gasteiger charge is -2.21. The zero-order chi connectivity index (χ0) is 63.6. The molecule has 0 spiro atoms. The number of esters is 4. The predicted octanol–water partition coefficient (Wildman–Crippen LogP) is 18.8. The van der Waals surface area contributed by atoms with Gasteiger partial charge in [-0.25, -0.2) is 9.13 Å². The predicted molar refractivity (Wildman–Crippen MR) is 345 cm³/mol. The maximum Gasteiger partial charge on any atom is 0.472 e. The van der Waals surface area contributed by atoms with Gasteiger partial charge in [0.05, 0.1) is 26.4 Å². The minimum Gasteiger partial charge on any atom is -0.462 e. The standard InChI is InChI=1S/C67H130O17P2/c1-7-10-12-14-16-18-19-20-21-22-23-27-32-39-45-51-66(71)83-62(55-78-65(70)50-44-38-31-28-24-26-29-35-41-47-59(4)5)57-81-85(73,74)79-53-61(68)54-80-86(75,76)82-58-63(56-77-64(69)49-43-37-30-25-17-15-13-11-8-2)84-67(72)52-46-40-34-33-36-42-48-60(6)9-3/h59-63,68H,7-58H2,1-6H3,(H,73,74)(H,75,76)/t60?,61-,62-,63-/m1/s1. The van der Waals surface area contributed by atoms with Crippen LogP contribution in [0.4, 0.5) is 0 Å². The number of carbonyl (C=O) groups is 4. The van der Waals surface area contributed by atoms with Crippen molar-refractivity contribution < 1.29 is 80.2 Å². The highest BCUT2D eigenvalue weighted by Gasteiger charge is 2.30. The smallest absolute Gasteiger partial charge is 0.462 e. The first-order valence-electron chi connectivity index (χ1n) is 35.0.